The summed E-state index contributed by atoms with van der Waals surface area (Å²) in [5.74, 6) is 6.09. The van der Waals surface area contributed by atoms with Crippen LogP contribution in [0.5, 0.6) is 6.01 Å². The van der Waals surface area contributed by atoms with Crippen molar-refractivity contribution in [3.05, 3.63) is 23.8 Å². The number of nitriles is 1. The molecular weight excluding hydrogens is 280 g/mol. The average Bonchev–Trinajstić information content (AvgIpc) is 2.89. The molecule has 0 aliphatic carbocycles. The first kappa shape index (κ1) is 15.4. The summed E-state index contributed by atoms with van der Waals surface area (Å²) >= 11 is 0. The van der Waals surface area contributed by atoms with E-state index in [1.165, 1.54) is 11.7 Å². The zero-order chi connectivity index (χ0) is 16.1. The molecule has 22 heavy (non-hydrogen) atoms. The first-order valence-corrected chi connectivity index (χ1v) is 6.80. The Bertz CT molecular complexity index is 803. The second-order valence-corrected chi connectivity index (χ2v) is 4.85. The van der Waals surface area contributed by atoms with E-state index in [1.54, 1.807) is 18.2 Å². The maximum Gasteiger partial charge on any atom is 0.330 e. The number of nitrogens with one attached hydrogen (secondary N) is 1. The fraction of sp³-hybridized carbons (Fsp3) is 0.312. The molecule has 1 heterocycles. The van der Waals surface area contributed by atoms with Crippen molar-refractivity contribution in [2.45, 2.75) is 13.8 Å². The minimum atomic E-state index is -0.396. The van der Waals surface area contributed by atoms with Crippen LogP contribution in [0.2, 0.25) is 0 Å². The average molecular weight is 296 g/mol. The highest BCUT2D eigenvalue weighted by Gasteiger charge is 2.18. The summed E-state index contributed by atoms with van der Waals surface area (Å²) in [6.45, 7) is 4.19. The summed E-state index contributed by atoms with van der Waals surface area (Å²) in [4.78, 5) is 16.5. The molecule has 6 nitrogen and oxygen atoms in total. The number of para-hydroxylation sites is 1. The van der Waals surface area contributed by atoms with Crippen molar-refractivity contribution >= 4 is 17.1 Å². The van der Waals surface area contributed by atoms with E-state index in [0.29, 0.717) is 16.6 Å². The number of imidazole rings is 1. The zero-order valence-corrected chi connectivity index (χ0v) is 12.7. The molecule has 0 spiro atoms. The molecule has 6 heteroatoms. The van der Waals surface area contributed by atoms with Gasteiger partial charge in [-0.05, 0) is 12.1 Å². The number of hydrogen-bond donors (Lipinski definition) is 1. The standard InChI is InChI=1S/C16H16N4O2/c1-11(2)6-5-9-18-15(21)20-13-8-4-7-12(10-17)14(13)19-16(20)22-3/h4,7-8,11H,9H2,1-3H3,(H,18,21). The number of hydrogen-bond acceptors (Lipinski definition) is 4. The molecule has 0 aliphatic heterocycles. The number of amides is 1. The third-order valence-corrected chi connectivity index (χ3v) is 2.88. The van der Waals surface area contributed by atoms with E-state index >= 15 is 0 Å². The molecule has 1 aromatic heterocycles. The smallest absolute Gasteiger partial charge is 0.330 e. The van der Waals surface area contributed by atoms with Crippen molar-refractivity contribution in [1.29, 1.82) is 5.26 Å². The lowest BCUT2D eigenvalue weighted by Gasteiger charge is -2.06. The van der Waals surface area contributed by atoms with E-state index in [4.69, 9.17) is 10.00 Å². The van der Waals surface area contributed by atoms with Crippen LogP contribution in [-0.2, 0) is 0 Å². The van der Waals surface area contributed by atoms with E-state index in [1.807, 2.05) is 13.8 Å². The number of carbonyl (C=O) groups excluding carboxylic acids is 1. The van der Waals surface area contributed by atoms with Crippen LogP contribution in [0.15, 0.2) is 18.2 Å². The number of fused-ring (bicyclic) bond motifs is 1. The van der Waals surface area contributed by atoms with Crippen molar-refractivity contribution < 1.29 is 9.53 Å². The minimum Gasteiger partial charge on any atom is -0.468 e. The number of rotatable bonds is 2. The topological polar surface area (TPSA) is 79.9 Å². The van der Waals surface area contributed by atoms with Crippen LogP contribution in [0.25, 0.3) is 11.0 Å². The Morgan fingerprint density at radius 3 is 2.91 bits per heavy atom. The van der Waals surface area contributed by atoms with Crippen LogP contribution in [0, 0.1) is 29.1 Å². The highest BCUT2D eigenvalue weighted by atomic mass is 16.5. The molecule has 1 amide bonds. The molecule has 0 saturated carbocycles. The van der Waals surface area contributed by atoms with Crippen LogP contribution >= 0.6 is 0 Å². The highest BCUT2D eigenvalue weighted by Crippen LogP contribution is 2.23. The summed E-state index contributed by atoms with van der Waals surface area (Å²) in [6.07, 6.45) is 0. The number of methoxy groups -OCH3 is 1. The van der Waals surface area contributed by atoms with Gasteiger partial charge in [0.25, 0.3) is 0 Å². The van der Waals surface area contributed by atoms with Gasteiger partial charge >= 0.3 is 12.0 Å². The third-order valence-electron chi connectivity index (χ3n) is 2.88. The Morgan fingerprint density at radius 1 is 1.50 bits per heavy atom. The van der Waals surface area contributed by atoms with E-state index in [0.717, 1.165) is 0 Å². The SMILES string of the molecule is COc1nc2c(C#N)cccc2n1C(=O)NCC#CC(C)C. The Balaban J connectivity index is 2.36. The molecule has 112 valence electrons. The van der Waals surface area contributed by atoms with E-state index in [-0.39, 0.29) is 18.5 Å². The molecule has 2 aromatic rings. The zero-order valence-electron chi connectivity index (χ0n) is 12.7. The monoisotopic (exact) mass is 296 g/mol. The second-order valence-electron chi connectivity index (χ2n) is 4.85. The van der Waals surface area contributed by atoms with Crippen LogP contribution in [0.1, 0.15) is 19.4 Å². The predicted molar refractivity (Wildman–Crippen MR) is 82.4 cm³/mol. The van der Waals surface area contributed by atoms with Crippen LogP contribution in [-0.4, -0.2) is 29.2 Å². The van der Waals surface area contributed by atoms with Gasteiger partial charge in [0, 0.05) is 5.92 Å². The normalized spacial score (nSPS) is 9.95. The maximum atomic E-state index is 12.3. The highest BCUT2D eigenvalue weighted by molar-refractivity contribution is 5.93. The second kappa shape index (κ2) is 6.64. The van der Waals surface area contributed by atoms with Gasteiger partial charge in [-0.25, -0.2) is 9.36 Å². The van der Waals surface area contributed by atoms with Gasteiger partial charge < -0.3 is 10.1 Å². The van der Waals surface area contributed by atoms with Gasteiger partial charge in [0.15, 0.2) is 0 Å². The number of nitrogens with zero attached hydrogens (tertiary/aromatic N) is 3. The first-order valence-electron chi connectivity index (χ1n) is 6.80. The molecule has 0 aliphatic rings. The summed E-state index contributed by atoms with van der Waals surface area (Å²) in [6, 6.07) is 6.84. The first-order chi connectivity index (χ1) is 10.6. The predicted octanol–water partition coefficient (Wildman–Crippen LogP) is 2.13. The quantitative estimate of drug-likeness (QED) is 0.861. The van der Waals surface area contributed by atoms with Gasteiger partial charge in [-0.3, -0.25) is 0 Å². The largest absolute Gasteiger partial charge is 0.468 e. The van der Waals surface area contributed by atoms with E-state index in [9.17, 15) is 4.79 Å². The van der Waals surface area contributed by atoms with Gasteiger partial charge in [0.1, 0.15) is 11.6 Å². The summed E-state index contributed by atoms with van der Waals surface area (Å²) in [7, 11) is 1.43. The molecule has 0 saturated heterocycles. The lowest BCUT2D eigenvalue weighted by Crippen LogP contribution is -2.29. The maximum absolute atomic E-state index is 12.3. The third kappa shape index (κ3) is 3.02. The molecule has 0 unspecified atom stereocenters. The molecule has 0 bridgehead atoms. The molecule has 0 atom stereocenters. The molecule has 0 radical (unpaired) electrons. The van der Waals surface area contributed by atoms with Gasteiger partial charge in [0.05, 0.1) is 24.7 Å². The van der Waals surface area contributed by atoms with Crippen molar-refractivity contribution in [3.63, 3.8) is 0 Å². The Labute approximate surface area is 128 Å². The number of aromatic nitrogens is 2. The van der Waals surface area contributed by atoms with E-state index < -0.39 is 6.03 Å². The van der Waals surface area contributed by atoms with Gasteiger partial charge in [0.2, 0.25) is 0 Å². The lowest BCUT2D eigenvalue weighted by atomic mass is 10.2. The summed E-state index contributed by atoms with van der Waals surface area (Å²) in [5, 5.41) is 11.8. The van der Waals surface area contributed by atoms with Crippen LogP contribution in [0.4, 0.5) is 4.79 Å². The minimum absolute atomic E-state index is 0.131. The number of ether oxygens (including phenoxy) is 1. The van der Waals surface area contributed by atoms with Crippen molar-refractivity contribution in [2.75, 3.05) is 13.7 Å². The molecule has 1 N–H and O–H groups in total. The Morgan fingerprint density at radius 2 is 2.27 bits per heavy atom. The summed E-state index contributed by atoms with van der Waals surface area (Å²) < 4.78 is 6.44. The molecular formula is C16H16N4O2. The Hall–Kier alpha value is -2.99. The van der Waals surface area contributed by atoms with Crippen LogP contribution < -0.4 is 10.1 Å². The fourth-order valence-corrected chi connectivity index (χ4v) is 1.96. The molecule has 1 aromatic carbocycles. The summed E-state index contributed by atoms with van der Waals surface area (Å²) in [5.41, 5.74) is 1.34. The number of benzene rings is 1. The lowest BCUT2D eigenvalue weighted by molar-refractivity contribution is 0.240. The number of carbonyl (C=O) groups is 1. The Kier molecular flexibility index (Phi) is 4.65. The van der Waals surface area contributed by atoms with Crippen LogP contribution in [0.3, 0.4) is 0 Å². The molecule has 0 fully saturated rings. The molecule has 2 rings (SSSR count). The van der Waals surface area contributed by atoms with Crippen molar-refractivity contribution in [2.24, 2.45) is 5.92 Å². The van der Waals surface area contributed by atoms with Crippen molar-refractivity contribution in [3.8, 4) is 23.9 Å². The van der Waals surface area contributed by atoms with Gasteiger partial charge in [-0.15, -0.1) is 0 Å². The van der Waals surface area contributed by atoms with Crippen molar-refractivity contribution in [1.82, 2.24) is 14.9 Å². The van der Waals surface area contributed by atoms with E-state index in [2.05, 4.69) is 28.2 Å². The van der Waals surface area contributed by atoms with Gasteiger partial charge in [-0.1, -0.05) is 31.8 Å². The fourth-order valence-electron chi connectivity index (χ4n) is 1.96. The van der Waals surface area contributed by atoms with Gasteiger partial charge in [-0.2, -0.15) is 10.2 Å².